The Bertz CT molecular complexity index is 267. The molecule has 0 aromatic rings. The second kappa shape index (κ2) is 16.3. The molecule has 0 unspecified atom stereocenters. The molecule has 0 aliphatic rings. The Morgan fingerprint density at radius 3 is 1.32 bits per heavy atom. The summed E-state index contributed by atoms with van der Waals surface area (Å²) in [6.07, 6.45) is 15.1. The topological polar surface area (TPSA) is 34.1 Å². The summed E-state index contributed by atoms with van der Waals surface area (Å²) in [6, 6.07) is 0. The second-order valence-corrected chi connectivity index (χ2v) is 8.42. The minimum absolute atomic E-state index is 0. The fourth-order valence-corrected chi connectivity index (χ4v) is 3.08. The minimum atomic E-state index is -3.04. The predicted molar refractivity (Wildman–Crippen MR) is 91.0 cm³/mol. The van der Waals surface area contributed by atoms with E-state index in [1.165, 1.54) is 64.2 Å². The molecule has 112 valence electrons. The summed E-state index contributed by atoms with van der Waals surface area (Å²) in [6.45, 7) is 2.25. The summed E-state index contributed by atoms with van der Waals surface area (Å²) >= 11 is 3.53. The van der Waals surface area contributed by atoms with Gasteiger partial charge < -0.3 is 0 Å². The van der Waals surface area contributed by atoms with E-state index in [0.29, 0.717) is 0 Å². The van der Waals surface area contributed by atoms with Crippen LogP contribution in [0.4, 0.5) is 0 Å². The number of unbranched alkanes of at least 4 members (excludes halogenated alkanes) is 11. The molecular formula is C14H31KO2S2. The molecule has 0 aromatic carbocycles. The molecule has 2 nitrogen and oxygen atoms in total. The van der Waals surface area contributed by atoms with E-state index in [9.17, 15) is 8.42 Å². The molecule has 0 bridgehead atoms. The van der Waals surface area contributed by atoms with Gasteiger partial charge in [-0.1, -0.05) is 77.6 Å². The molecule has 19 heavy (non-hydrogen) atoms. The Morgan fingerprint density at radius 1 is 0.684 bits per heavy atom. The number of hydrogen-bond donors (Lipinski definition) is 1. The molecule has 0 aliphatic heterocycles. The number of thiol groups is 1. The molecular weight excluding hydrogens is 303 g/mol. The summed E-state index contributed by atoms with van der Waals surface area (Å²) in [5.74, 6) is 0.230. The summed E-state index contributed by atoms with van der Waals surface area (Å²) < 4.78 is 21.6. The van der Waals surface area contributed by atoms with Crippen LogP contribution in [-0.4, -0.2) is 65.6 Å². The maximum absolute atomic E-state index is 10.8. The van der Waals surface area contributed by atoms with Gasteiger partial charge in [-0.05, 0) is 18.1 Å². The summed E-state index contributed by atoms with van der Waals surface area (Å²) in [5.41, 5.74) is 0. The van der Waals surface area contributed by atoms with Crippen LogP contribution >= 0.6 is 11.7 Å². The van der Waals surface area contributed by atoms with E-state index < -0.39 is 8.87 Å². The number of hydrogen-bond acceptors (Lipinski definition) is 2. The van der Waals surface area contributed by atoms with Crippen molar-refractivity contribution in [1.82, 2.24) is 0 Å². The summed E-state index contributed by atoms with van der Waals surface area (Å²) in [7, 11) is -3.04. The van der Waals surface area contributed by atoms with Gasteiger partial charge >= 0.3 is 51.4 Å². The second-order valence-electron chi connectivity index (χ2n) is 5.18. The van der Waals surface area contributed by atoms with E-state index >= 15 is 0 Å². The van der Waals surface area contributed by atoms with Crippen LogP contribution in [0.25, 0.3) is 0 Å². The van der Waals surface area contributed by atoms with E-state index in [-0.39, 0.29) is 57.1 Å². The first-order valence-electron chi connectivity index (χ1n) is 7.51. The van der Waals surface area contributed by atoms with Crippen LogP contribution in [0.5, 0.6) is 0 Å². The normalized spacial score (nSPS) is 11.3. The average molecular weight is 335 g/mol. The van der Waals surface area contributed by atoms with Crippen molar-refractivity contribution in [3.63, 3.8) is 0 Å². The Morgan fingerprint density at radius 2 is 1.00 bits per heavy atom. The third-order valence-electron chi connectivity index (χ3n) is 3.26. The Kier molecular flexibility index (Phi) is 19.9. The molecule has 0 spiro atoms. The van der Waals surface area contributed by atoms with Crippen LogP contribution in [0.3, 0.4) is 0 Å². The van der Waals surface area contributed by atoms with E-state index in [1.807, 2.05) is 0 Å². The Balaban J connectivity index is 0. The van der Waals surface area contributed by atoms with E-state index in [0.717, 1.165) is 12.8 Å². The van der Waals surface area contributed by atoms with Crippen molar-refractivity contribution in [1.29, 1.82) is 0 Å². The molecule has 0 aromatic heterocycles. The standard InChI is InChI=1S/C14H30O2S2.K.H/c1-2-3-4-5-6-7-8-9-10-11-12-13-14-18(15,16)17;;/h2-14H2,1H3,(H,15,16,17);;. The quantitative estimate of drug-likeness (QED) is 0.236. The molecule has 0 heterocycles. The molecule has 5 heteroatoms. The van der Waals surface area contributed by atoms with Crippen LogP contribution in [0.1, 0.15) is 84.0 Å². The van der Waals surface area contributed by atoms with Crippen molar-refractivity contribution in [3.05, 3.63) is 0 Å². The van der Waals surface area contributed by atoms with Crippen molar-refractivity contribution in [2.45, 2.75) is 84.0 Å². The zero-order chi connectivity index (χ0) is 13.7. The van der Waals surface area contributed by atoms with Gasteiger partial charge in [0.15, 0.2) is 8.87 Å². The number of rotatable bonds is 13. The van der Waals surface area contributed by atoms with E-state index in [2.05, 4.69) is 18.6 Å². The molecule has 0 atom stereocenters. The first-order valence-corrected chi connectivity index (χ1v) is 10.2. The molecule has 0 saturated heterocycles. The van der Waals surface area contributed by atoms with Gasteiger partial charge in [-0.25, -0.2) is 8.42 Å². The Hall–Kier alpha value is 1.94. The predicted octanol–water partition coefficient (Wildman–Crippen LogP) is 4.30. The van der Waals surface area contributed by atoms with Gasteiger partial charge in [0.25, 0.3) is 0 Å². The molecule has 0 radical (unpaired) electrons. The SMILES string of the molecule is CCCCCCCCCCCCCCS(=O)(=O)S.[KH]. The maximum atomic E-state index is 10.8. The molecule has 0 N–H and O–H groups in total. The van der Waals surface area contributed by atoms with Crippen molar-refractivity contribution < 1.29 is 8.42 Å². The molecule has 0 aliphatic carbocycles. The summed E-state index contributed by atoms with van der Waals surface area (Å²) in [4.78, 5) is 0. The first-order chi connectivity index (χ1) is 8.56. The zero-order valence-electron chi connectivity index (χ0n) is 11.9. The first kappa shape index (κ1) is 23.2. The van der Waals surface area contributed by atoms with Gasteiger partial charge in [-0.2, -0.15) is 0 Å². The van der Waals surface area contributed by atoms with Crippen molar-refractivity contribution in [2.75, 3.05) is 5.75 Å². The van der Waals surface area contributed by atoms with Gasteiger partial charge in [0.1, 0.15) is 0 Å². The fraction of sp³-hybridized carbons (Fsp3) is 1.00. The van der Waals surface area contributed by atoms with Crippen LogP contribution in [-0.2, 0) is 8.87 Å². The van der Waals surface area contributed by atoms with Gasteiger partial charge in [0, 0.05) is 0 Å². The van der Waals surface area contributed by atoms with Gasteiger partial charge in [0.2, 0.25) is 0 Å². The van der Waals surface area contributed by atoms with E-state index in [1.54, 1.807) is 0 Å². The van der Waals surface area contributed by atoms with Crippen LogP contribution < -0.4 is 0 Å². The van der Waals surface area contributed by atoms with E-state index in [4.69, 9.17) is 0 Å². The van der Waals surface area contributed by atoms with Crippen LogP contribution in [0, 0.1) is 0 Å². The monoisotopic (exact) mass is 334 g/mol. The van der Waals surface area contributed by atoms with Gasteiger partial charge in [-0.3, -0.25) is 0 Å². The van der Waals surface area contributed by atoms with Crippen LogP contribution in [0.15, 0.2) is 0 Å². The van der Waals surface area contributed by atoms with Crippen molar-refractivity contribution >= 4 is 71.9 Å². The summed E-state index contributed by atoms with van der Waals surface area (Å²) in [5, 5.41) is 0. The third-order valence-corrected chi connectivity index (χ3v) is 4.61. The zero-order valence-corrected chi connectivity index (χ0v) is 13.6. The molecule has 0 rings (SSSR count). The average Bonchev–Trinajstić information content (AvgIpc) is 2.29. The van der Waals surface area contributed by atoms with Gasteiger partial charge in [-0.15, -0.1) is 0 Å². The third kappa shape index (κ3) is 22.4. The Labute approximate surface area is 168 Å². The van der Waals surface area contributed by atoms with Crippen molar-refractivity contribution in [3.8, 4) is 0 Å². The van der Waals surface area contributed by atoms with Gasteiger partial charge in [0.05, 0.1) is 5.75 Å². The van der Waals surface area contributed by atoms with Crippen molar-refractivity contribution in [2.24, 2.45) is 0 Å². The molecule has 0 fully saturated rings. The molecule has 0 amide bonds. The molecule has 0 saturated carbocycles. The fourth-order valence-electron chi connectivity index (χ4n) is 2.13. The van der Waals surface area contributed by atoms with Crippen LogP contribution in [0.2, 0.25) is 0 Å².